The van der Waals surface area contributed by atoms with Gasteiger partial charge in [-0.1, -0.05) is 46.4 Å². The minimum absolute atomic E-state index is 0.189. The molecule has 0 aromatic heterocycles. The summed E-state index contributed by atoms with van der Waals surface area (Å²) in [5, 5.41) is 0. The quantitative estimate of drug-likeness (QED) is 0.613. The standard InChI is InChI=1S/C4H7Cl4O3P/c5-3(11-12(9)10)1-2-4(6,7)8/h3,9-10H,1-2H2. The van der Waals surface area contributed by atoms with Gasteiger partial charge in [-0.25, -0.2) is 0 Å². The predicted octanol–water partition coefficient (Wildman–Crippen LogP) is 2.93. The van der Waals surface area contributed by atoms with Gasteiger partial charge >= 0.3 is 8.60 Å². The van der Waals surface area contributed by atoms with Crippen LogP contribution in [0.5, 0.6) is 0 Å². The first-order chi connectivity index (χ1) is 5.31. The SMILES string of the molecule is OP(O)OC(Cl)CCC(Cl)(Cl)Cl. The first kappa shape index (κ1) is 13.5. The minimum Gasteiger partial charge on any atom is -0.328 e. The highest BCUT2D eigenvalue weighted by molar-refractivity contribution is 7.39. The fourth-order valence-corrected chi connectivity index (χ4v) is 1.39. The van der Waals surface area contributed by atoms with Crippen LogP contribution in [0, 0.1) is 0 Å². The van der Waals surface area contributed by atoms with Crippen molar-refractivity contribution in [2.75, 3.05) is 0 Å². The van der Waals surface area contributed by atoms with E-state index in [-0.39, 0.29) is 12.8 Å². The maximum atomic E-state index is 8.37. The normalized spacial score (nSPS) is 15.2. The van der Waals surface area contributed by atoms with E-state index in [2.05, 4.69) is 4.52 Å². The number of hydrogen-bond donors (Lipinski definition) is 2. The van der Waals surface area contributed by atoms with Crippen molar-refractivity contribution in [2.45, 2.75) is 22.2 Å². The Bertz CT molecular complexity index is 128. The van der Waals surface area contributed by atoms with Gasteiger partial charge in [0.1, 0.15) is 5.56 Å². The summed E-state index contributed by atoms with van der Waals surface area (Å²) in [7, 11) is -2.45. The van der Waals surface area contributed by atoms with Crippen LogP contribution in [0.4, 0.5) is 0 Å². The highest BCUT2D eigenvalue weighted by atomic mass is 35.6. The summed E-state index contributed by atoms with van der Waals surface area (Å²) in [6.45, 7) is 0. The van der Waals surface area contributed by atoms with Crippen molar-refractivity contribution in [2.24, 2.45) is 0 Å². The van der Waals surface area contributed by atoms with E-state index in [1.807, 2.05) is 0 Å². The molecule has 12 heavy (non-hydrogen) atoms. The Morgan fingerprint density at radius 3 is 2.17 bits per heavy atom. The van der Waals surface area contributed by atoms with Gasteiger partial charge in [0.2, 0.25) is 0 Å². The van der Waals surface area contributed by atoms with Crippen molar-refractivity contribution in [3.63, 3.8) is 0 Å². The molecular weight excluding hydrogens is 269 g/mol. The molecule has 3 nitrogen and oxygen atoms in total. The lowest BCUT2D eigenvalue weighted by Gasteiger charge is -2.14. The van der Waals surface area contributed by atoms with Crippen LogP contribution in [-0.2, 0) is 4.52 Å². The lowest BCUT2D eigenvalue weighted by atomic mass is 10.3. The molecule has 0 heterocycles. The summed E-state index contributed by atoms with van der Waals surface area (Å²) in [6, 6.07) is 0. The Morgan fingerprint density at radius 1 is 1.33 bits per heavy atom. The molecule has 1 atom stereocenters. The molecule has 74 valence electrons. The average Bonchev–Trinajstić information content (AvgIpc) is 1.80. The fourth-order valence-electron chi connectivity index (χ4n) is 0.432. The Labute approximate surface area is 91.5 Å². The maximum absolute atomic E-state index is 8.37. The van der Waals surface area contributed by atoms with Crippen LogP contribution in [0.1, 0.15) is 12.8 Å². The Kier molecular flexibility index (Phi) is 6.79. The summed E-state index contributed by atoms with van der Waals surface area (Å²) in [6.07, 6.45) is 0.424. The van der Waals surface area contributed by atoms with Crippen LogP contribution in [-0.4, -0.2) is 19.1 Å². The van der Waals surface area contributed by atoms with Crippen molar-refractivity contribution in [1.82, 2.24) is 0 Å². The second kappa shape index (κ2) is 6.05. The molecule has 0 bridgehead atoms. The lowest BCUT2D eigenvalue weighted by Crippen LogP contribution is -2.08. The van der Waals surface area contributed by atoms with Gasteiger partial charge in [-0.2, -0.15) is 0 Å². The molecule has 0 spiro atoms. The first-order valence-electron chi connectivity index (χ1n) is 2.87. The van der Waals surface area contributed by atoms with Gasteiger partial charge in [0, 0.05) is 0 Å². The molecule has 0 fully saturated rings. The van der Waals surface area contributed by atoms with E-state index in [1.54, 1.807) is 0 Å². The molecule has 2 N–H and O–H groups in total. The summed E-state index contributed by atoms with van der Waals surface area (Å²) in [5.74, 6) is 0. The Balaban J connectivity index is 3.51. The van der Waals surface area contributed by atoms with Gasteiger partial charge < -0.3 is 9.79 Å². The molecule has 0 radical (unpaired) electrons. The van der Waals surface area contributed by atoms with Crippen LogP contribution in [0.3, 0.4) is 0 Å². The molecule has 0 aliphatic carbocycles. The molecular formula is C4H7Cl4O3P. The van der Waals surface area contributed by atoms with E-state index in [4.69, 9.17) is 56.2 Å². The zero-order chi connectivity index (χ0) is 9.78. The van der Waals surface area contributed by atoms with Crippen molar-refractivity contribution in [3.05, 3.63) is 0 Å². The van der Waals surface area contributed by atoms with E-state index in [9.17, 15) is 0 Å². The third-order valence-electron chi connectivity index (χ3n) is 0.863. The topological polar surface area (TPSA) is 49.7 Å². The number of hydrogen-bond acceptors (Lipinski definition) is 3. The van der Waals surface area contributed by atoms with Crippen molar-refractivity contribution in [1.29, 1.82) is 0 Å². The highest BCUT2D eigenvalue weighted by Gasteiger charge is 2.22. The number of alkyl halides is 4. The first-order valence-corrected chi connectivity index (χ1v) is 5.60. The number of halogens is 4. The molecule has 0 aliphatic heterocycles. The summed E-state index contributed by atoms with van der Waals surface area (Å²) in [5.41, 5.74) is -0.846. The Hall–Kier alpha value is 1.47. The maximum Gasteiger partial charge on any atom is 0.328 e. The van der Waals surface area contributed by atoms with E-state index in [0.29, 0.717) is 0 Å². The molecule has 8 heteroatoms. The Morgan fingerprint density at radius 2 is 1.83 bits per heavy atom. The monoisotopic (exact) mass is 274 g/mol. The summed E-state index contributed by atoms with van der Waals surface area (Å²) < 4.78 is 3.03. The molecule has 0 saturated carbocycles. The summed E-state index contributed by atoms with van der Waals surface area (Å²) in [4.78, 5) is 16.7. The third-order valence-corrected chi connectivity index (χ3v) is 2.30. The van der Waals surface area contributed by atoms with Gasteiger partial charge in [-0.15, -0.1) is 0 Å². The second-order valence-corrected chi connectivity index (χ2v) is 5.64. The van der Waals surface area contributed by atoms with Crippen molar-refractivity contribution in [3.8, 4) is 0 Å². The van der Waals surface area contributed by atoms with Gasteiger partial charge in [0.05, 0.1) is 0 Å². The molecule has 0 aliphatic rings. The molecule has 0 amide bonds. The smallest absolute Gasteiger partial charge is 0.328 e. The fraction of sp³-hybridized carbons (Fsp3) is 1.00. The van der Waals surface area contributed by atoms with Crippen molar-refractivity contribution >= 4 is 55.0 Å². The van der Waals surface area contributed by atoms with Gasteiger partial charge in [0.25, 0.3) is 0 Å². The zero-order valence-corrected chi connectivity index (χ0v) is 9.67. The van der Waals surface area contributed by atoms with E-state index in [0.717, 1.165) is 0 Å². The van der Waals surface area contributed by atoms with Gasteiger partial charge in [0.15, 0.2) is 3.79 Å². The average molecular weight is 276 g/mol. The largest absolute Gasteiger partial charge is 0.328 e. The zero-order valence-electron chi connectivity index (χ0n) is 5.75. The van der Waals surface area contributed by atoms with Crippen LogP contribution in [0.2, 0.25) is 0 Å². The highest BCUT2D eigenvalue weighted by Crippen LogP contribution is 2.35. The van der Waals surface area contributed by atoms with Crippen LogP contribution in [0.15, 0.2) is 0 Å². The van der Waals surface area contributed by atoms with Crippen LogP contribution >= 0.6 is 55.0 Å². The second-order valence-electron chi connectivity index (χ2n) is 1.92. The third kappa shape index (κ3) is 9.56. The van der Waals surface area contributed by atoms with E-state index >= 15 is 0 Å². The molecule has 1 unspecified atom stereocenters. The molecule has 0 rings (SSSR count). The molecule has 0 aromatic rings. The van der Waals surface area contributed by atoms with E-state index in [1.165, 1.54) is 0 Å². The van der Waals surface area contributed by atoms with Gasteiger partial charge in [-0.05, 0) is 12.8 Å². The minimum atomic E-state index is -2.45. The van der Waals surface area contributed by atoms with Crippen LogP contribution < -0.4 is 0 Å². The summed E-state index contributed by atoms with van der Waals surface area (Å²) >= 11 is 21.7. The predicted molar refractivity (Wildman–Crippen MR) is 51.6 cm³/mol. The van der Waals surface area contributed by atoms with Gasteiger partial charge in [-0.3, -0.25) is 4.52 Å². The molecule has 0 saturated heterocycles. The van der Waals surface area contributed by atoms with E-state index < -0.39 is 18.0 Å². The van der Waals surface area contributed by atoms with Crippen molar-refractivity contribution < 1.29 is 14.3 Å². The molecule has 0 aromatic carbocycles. The number of rotatable bonds is 4. The van der Waals surface area contributed by atoms with Crippen LogP contribution in [0.25, 0.3) is 0 Å². The lowest BCUT2D eigenvalue weighted by molar-refractivity contribution is 0.221.